The van der Waals surface area contributed by atoms with Crippen LogP contribution in [0.1, 0.15) is 52.5 Å². The third kappa shape index (κ3) is 6.41. The average molecular weight is 518 g/mol. The summed E-state index contributed by atoms with van der Waals surface area (Å²) in [6, 6.07) is 5.21. The lowest BCUT2D eigenvalue weighted by Crippen LogP contribution is -2.45. The van der Waals surface area contributed by atoms with Crippen LogP contribution in [0.4, 0.5) is 23.7 Å². The van der Waals surface area contributed by atoms with E-state index in [0.29, 0.717) is 30.6 Å². The Bertz CT molecular complexity index is 1020. The van der Waals surface area contributed by atoms with E-state index in [1.165, 1.54) is 17.4 Å². The van der Waals surface area contributed by atoms with Crippen LogP contribution >= 0.6 is 22.9 Å². The number of carboxylic acid groups (broad SMARTS) is 1. The lowest BCUT2D eigenvalue weighted by molar-refractivity contribution is -0.137. The third-order valence-electron chi connectivity index (χ3n) is 5.56. The third-order valence-corrected chi connectivity index (χ3v) is 6.74. The lowest BCUT2D eigenvalue weighted by Gasteiger charge is -2.30. The first kappa shape index (κ1) is 25.8. The van der Waals surface area contributed by atoms with Gasteiger partial charge in [-0.25, -0.2) is 4.79 Å². The zero-order chi connectivity index (χ0) is 24.9. The van der Waals surface area contributed by atoms with E-state index in [1.807, 2.05) is 0 Å². The van der Waals surface area contributed by atoms with Crippen molar-refractivity contribution in [2.75, 3.05) is 11.2 Å². The fourth-order valence-electron chi connectivity index (χ4n) is 3.99. The van der Waals surface area contributed by atoms with Crippen molar-refractivity contribution in [2.45, 2.75) is 50.0 Å². The Morgan fingerprint density at radius 3 is 2.24 bits per heavy atom. The summed E-state index contributed by atoms with van der Waals surface area (Å²) in [5.74, 6) is -2.02. The van der Waals surface area contributed by atoms with Gasteiger partial charge in [0.25, 0.3) is 0 Å². The Morgan fingerprint density at radius 1 is 1.06 bits per heavy atom. The van der Waals surface area contributed by atoms with Crippen molar-refractivity contribution in [3.8, 4) is 0 Å². The van der Waals surface area contributed by atoms with Crippen LogP contribution in [-0.4, -0.2) is 40.9 Å². The van der Waals surface area contributed by atoms with E-state index in [1.54, 1.807) is 17.5 Å². The molecule has 1 atom stereocenters. The first-order chi connectivity index (χ1) is 16.1. The van der Waals surface area contributed by atoms with Crippen LogP contribution in [0.5, 0.6) is 0 Å². The molecule has 34 heavy (non-hydrogen) atoms. The number of Topliss-reactive ketones (excluding diaryl/α,β-unsaturated/α-hetero) is 1. The summed E-state index contributed by atoms with van der Waals surface area (Å²) in [6.07, 6.45) is -3.68. The molecule has 2 aromatic rings. The van der Waals surface area contributed by atoms with Crippen molar-refractivity contribution < 1.29 is 32.7 Å². The molecular formula is C22H23ClF3N3O4S. The second kappa shape index (κ2) is 11.1. The van der Waals surface area contributed by atoms with Crippen molar-refractivity contribution in [1.82, 2.24) is 10.6 Å². The van der Waals surface area contributed by atoms with Crippen LogP contribution in [0.3, 0.4) is 0 Å². The van der Waals surface area contributed by atoms with E-state index < -0.39 is 47.0 Å². The van der Waals surface area contributed by atoms with Crippen LogP contribution in [0.2, 0.25) is 0 Å². The zero-order valence-electron chi connectivity index (χ0n) is 17.8. The second-order valence-corrected chi connectivity index (χ2v) is 9.13. The van der Waals surface area contributed by atoms with Gasteiger partial charge in [-0.15, -0.1) is 22.9 Å². The SMILES string of the molecule is O=C(O)NC1CCC(NC(=O)C(Nc2cccc(C(F)(F)F)c2C(=O)CCl)c2cccs2)CC1. The number of rotatable bonds is 8. The molecule has 0 aliphatic heterocycles. The molecule has 1 aliphatic rings. The van der Waals surface area contributed by atoms with Crippen LogP contribution in [0.25, 0.3) is 0 Å². The molecule has 1 aliphatic carbocycles. The van der Waals surface area contributed by atoms with Crippen molar-refractivity contribution >= 4 is 46.4 Å². The summed E-state index contributed by atoms with van der Waals surface area (Å²) < 4.78 is 40.7. The van der Waals surface area contributed by atoms with E-state index in [-0.39, 0.29) is 17.8 Å². The number of amides is 2. The number of hydrogen-bond acceptors (Lipinski definition) is 5. The molecule has 7 nitrogen and oxygen atoms in total. The summed E-state index contributed by atoms with van der Waals surface area (Å²) in [7, 11) is 0. The minimum atomic E-state index is -4.78. The molecule has 0 saturated heterocycles. The van der Waals surface area contributed by atoms with Gasteiger partial charge in [0.15, 0.2) is 5.78 Å². The fourth-order valence-corrected chi connectivity index (χ4v) is 4.90. The minimum absolute atomic E-state index is 0.136. The number of anilines is 1. The molecule has 12 heteroatoms. The molecule has 1 fully saturated rings. The molecule has 1 aromatic heterocycles. The van der Waals surface area contributed by atoms with Gasteiger partial charge >= 0.3 is 12.3 Å². The van der Waals surface area contributed by atoms with Gasteiger partial charge in [0, 0.05) is 22.6 Å². The van der Waals surface area contributed by atoms with Crippen molar-refractivity contribution in [2.24, 2.45) is 0 Å². The van der Waals surface area contributed by atoms with Gasteiger partial charge < -0.3 is 21.1 Å². The standard InChI is InChI=1S/C22H23ClF3N3O4S/c23-11-16(30)18-14(22(24,25)26)3-1-4-15(18)29-19(17-5-2-10-34-17)20(31)27-12-6-8-13(9-7-12)28-21(32)33/h1-5,10,12-13,19,28-29H,6-9,11H2,(H,27,31)(H,32,33). The number of alkyl halides is 4. The highest BCUT2D eigenvalue weighted by molar-refractivity contribution is 7.10. The molecule has 1 unspecified atom stereocenters. The highest BCUT2D eigenvalue weighted by Gasteiger charge is 2.37. The maximum atomic E-state index is 13.6. The Morgan fingerprint density at radius 2 is 1.71 bits per heavy atom. The molecule has 0 spiro atoms. The number of nitrogens with one attached hydrogen (secondary N) is 3. The van der Waals surface area contributed by atoms with Gasteiger partial charge in [-0.3, -0.25) is 9.59 Å². The number of halogens is 4. The number of ketones is 1. The smallest absolute Gasteiger partial charge is 0.417 e. The molecule has 2 amide bonds. The Labute approximate surface area is 202 Å². The van der Waals surface area contributed by atoms with Gasteiger partial charge in [-0.2, -0.15) is 13.2 Å². The molecule has 1 aromatic carbocycles. The maximum absolute atomic E-state index is 13.6. The van der Waals surface area contributed by atoms with E-state index in [4.69, 9.17) is 16.7 Å². The highest BCUT2D eigenvalue weighted by atomic mass is 35.5. The predicted molar refractivity (Wildman–Crippen MR) is 123 cm³/mol. The van der Waals surface area contributed by atoms with Crippen LogP contribution in [0.15, 0.2) is 35.7 Å². The number of carbonyl (C=O) groups excluding carboxylic acids is 2. The van der Waals surface area contributed by atoms with Gasteiger partial charge in [-0.05, 0) is 49.3 Å². The van der Waals surface area contributed by atoms with Crippen molar-refractivity contribution in [3.63, 3.8) is 0 Å². The summed E-state index contributed by atoms with van der Waals surface area (Å²) in [5.41, 5.74) is -1.87. The lowest BCUT2D eigenvalue weighted by atomic mass is 9.91. The molecule has 3 rings (SSSR count). The first-order valence-corrected chi connectivity index (χ1v) is 11.9. The van der Waals surface area contributed by atoms with E-state index in [2.05, 4.69) is 16.0 Å². The van der Waals surface area contributed by atoms with Gasteiger partial charge in [0.05, 0.1) is 17.0 Å². The van der Waals surface area contributed by atoms with Gasteiger partial charge in [0.2, 0.25) is 5.91 Å². The Balaban J connectivity index is 1.83. The Hall–Kier alpha value is -2.79. The largest absolute Gasteiger partial charge is 0.465 e. The molecule has 184 valence electrons. The molecule has 4 N–H and O–H groups in total. The van der Waals surface area contributed by atoms with Crippen molar-refractivity contribution in [1.29, 1.82) is 0 Å². The van der Waals surface area contributed by atoms with E-state index >= 15 is 0 Å². The molecular weight excluding hydrogens is 495 g/mol. The molecule has 0 radical (unpaired) electrons. The predicted octanol–water partition coefficient (Wildman–Crippen LogP) is 5.04. The minimum Gasteiger partial charge on any atom is -0.465 e. The number of hydrogen-bond donors (Lipinski definition) is 4. The quantitative estimate of drug-likeness (QED) is 0.290. The average Bonchev–Trinajstić information content (AvgIpc) is 3.31. The number of carbonyl (C=O) groups is 3. The van der Waals surface area contributed by atoms with Gasteiger partial charge in [0.1, 0.15) is 6.04 Å². The number of thiophene rings is 1. The fraction of sp³-hybridized carbons (Fsp3) is 0.409. The van der Waals surface area contributed by atoms with Crippen molar-refractivity contribution in [3.05, 3.63) is 51.7 Å². The van der Waals surface area contributed by atoms with Crippen LogP contribution in [-0.2, 0) is 11.0 Å². The second-order valence-electron chi connectivity index (χ2n) is 7.88. The first-order valence-electron chi connectivity index (χ1n) is 10.5. The Kier molecular flexibility index (Phi) is 8.42. The molecule has 1 saturated carbocycles. The summed E-state index contributed by atoms with van der Waals surface area (Å²) in [6.45, 7) is 0. The van der Waals surface area contributed by atoms with E-state index in [0.717, 1.165) is 12.1 Å². The normalized spacial score (nSPS) is 19.2. The molecule has 0 bridgehead atoms. The van der Waals surface area contributed by atoms with Crippen LogP contribution < -0.4 is 16.0 Å². The topological polar surface area (TPSA) is 108 Å². The van der Waals surface area contributed by atoms with Gasteiger partial charge in [-0.1, -0.05) is 12.1 Å². The summed E-state index contributed by atoms with van der Waals surface area (Å²) in [4.78, 5) is 36.9. The highest BCUT2D eigenvalue weighted by Crippen LogP contribution is 2.37. The van der Waals surface area contributed by atoms with E-state index in [9.17, 15) is 27.6 Å². The summed E-state index contributed by atoms with van der Waals surface area (Å²) >= 11 is 6.83. The number of benzene rings is 1. The molecule has 1 heterocycles. The monoisotopic (exact) mass is 517 g/mol. The van der Waals surface area contributed by atoms with Crippen LogP contribution in [0, 0.1) is 0 Å². The maximum Gasteiger partial charge on any atom is 0.417 e. The summed E-state index contributed by atoms with van der Waals surface area (Å²) in [5, 5.41) is 18.8. The zero-order valence-corrected chi connectivity index (χ0v) is 19.4.